The average molecular weight is 327 g/mol. The number of carboxylic acids is 1. The third kappa shape index (κ3) is 4.18. The molecule has 0 aromatic heterocycles. The van der Waals surface area contributed by atoms with Gasteiger partial charge in [-0.2, -0.15) is 8.78 Å². The molecule has 0 saturated heterocycles. The zero-order valence-electron chi connectivity index (χ0n) is 12.8. The molecule has 2 rings (SSSR count). The Morgan fingerprint density at radius 3 is 2.35 bits per heavy atom. The fourth-order valence-electron chi connectivity index (χ4n) is 2.63. The number of carboxylic acid groups (broad SMARTS) is 1. The second-order valence-electron chi connectivity index (χ2n) is 5.89. The van der Waals surface area contributed by atoms with Gasteiger partial charge in [-0.3, -0.25) is 9.59 Å². The SMILES string of the molecule is CN(Cc1ccc(OC(F)F)cc1)C(=O)CC1(C(=O)O)CCC1. The van der Waals surface area contributed by atoms with E-state index in [0.717, 1.165) is 12.0 Å². The summed E-state index contributed by atoms with van der Waals surface area (Å²) in [6.07, 6.45) is 1.88. The van der Waals surface area contributed by atoms with Gasteiger partial charge in [0.15, 0.2) is 0 Å². The summed E-state index contributed by atoms with van der Waals surface area (Å²) in [5.74, 6) is -1.10. The monoisotopic (exact) mass is 327 g/mol. The summed E-state index contributed by atoms with van der Waals surface area (Å²) in [5.41, 5.74) is -0.166. The van der Waals surface area contributed by atoms with Crippen LogP contribution in [0.15, 0.2) is 24.3 Å². The van der Waals surface area contributed by atoms with Crippen molar-refractivity contribution in [1.82, 2.24) is 4.90 Å². The van der Waals surface area contributed by atoms with E-state index in [2.05, 4.69) is 4.74 Å². The number of aliphatic carboxylic acids is 1. The number of halogens is 2. The molecule has 1 amide bonds. The Morgan fingerprint density at radius 1 is 1.30 bits per heavy atom. The number of amides is 1. The van der Waals surface area contributed by atoms with Gasteiger partial charge >= 0.3 is 12.6 Å². The molecule has 1 aromatic carbocycles. The molecule has 0 heterocycles. The Balaban J connectivity index is 1.92. The molecule has 126 valence electrons. The van der Waals surface area contributed by atoms with E-state index in [9.17, 15) is 23.5 Å². The summed E-state index contributed by atoms with van der Waals surface area (Å²) in [5, 5.41) is 9.26. The number of carbonyl (C=O) groups excluding carboxylic acids is 1. The molecular formula is C16H19F2NO4. The van der Waals surface area contributed by atoms with Crippen molar-refractivity contribution in [2.45, 2.75) is 38.8 Å². The average Bonchev–Trinajstić information content (AvgIpc) is 2.43. The van der Waals surface area contributed by atoms with Crippen LogP contribution in [-0.2, 0) is 16.1 Å². The molecule has 1 saturated carbocycles. The number of ether oxygens (including phenoxy) is 1. The van der Waals surface area contributed by atoms with E-state index in [0.29, 0.717) is 12.8 Å². The summed E-state index contributed by atoms with van der Waals surface area (Å²) in [7, 11) is 1.60. The van der Waals surface area contributed by atoms with Crippen LogP contribution in [0, 0.1) is 5.41 Å². The fraction of sp³-hybridized carbons (Fsp3) is 0.500. The van der Waals surface area contributed by atoms with Crippen molar-refractivity contribution < 1.29 is 28.2 Å². The van der Waals surface area contributed by atoms with Crippen LogP contribution >= 0.6 is 0 Å². The number of hydrogen-bond donors (Lipinski definition) is 1. The van der Waals surface area contributed by atoms with Gasteiger partial charge in [-0.05, 0) is 30.5 Å². The molecule has 0 aliphatic heterocycles. The second kappa shape index (κ2) is 6.93. The van der Waals surface area contributed by atoms with Gasteiger partial charge in [-0.1, -0.05) is 18.6 Å². The van der Waals surface area contributed by atoms with Crippen molar-refractivity contribution in [3.8, 4) is 5.75 Å². The lowest BCUT2D eigenvalue weighted by atomic mass is 9.66. The summed E-state index contributed by atoms with van der Waals surface area (Å²) >= 11 is 0. The molecular weight excluding hydrogens is 308 g/mol. The molecule has 1 aliphatic carbocycles. The molecule has 7 heteroatoms. The number of carbonyl (C=O) groups is 2. The van der Waals surface area contributed by atoms with Crippen LogP contribution in [0.25, 0.3) is 0 Å². The van der Waals surface area contributed by atoms with Crippen molar-refractivity contribution in [2.24, 2.45) is 5.41 Å². The van der Waals surface area contributed by atoms with Crippen LogP contribution in [-0.4, -0.2) is 35.5 Å². The van der Waals surface area contributed by atoms with Crippen molar-refractivity contribution in [3.63, 3.8) is 0 Å². The molecule has 1 aliphatic rings. The van der Waals surface area contributed by atoms with Crippen molar-refractivity contribution in [1.29, 1.82) is 0 Å². The maximum Gasteiger partial charge on any atom is 0.387 e. The minimum Gasteiger partial charge on any atom is -0.481 e. The summed E-state index contributed by atoms with van der Waals surface area (Å²) in [6, 6.07) is 6.00. The van der Waals surface area contributed by atoms with E-state index in [-0.39, 0.29) is 24.6 Å². The smallest absolute Gasteiger partial charge is 0.387 e. The molecule has 0 spiro atoms. The summed E-state index contributed by atoms with van der Waals surface area (Å²) < 4.78 is 28.4. The minimum atomic E-state index is -2.88. The zero-order valence-corrected chi connectivity index (χ0v) is 12.8. The first-order valence-corrected chi connectivity index (χ1v) is 7.33. The predicted octanol–water partition coefficient (Wildman–Crippen LogP) is 2.89. The van der Waals surface area contributed by atoms with E-state index in [4.69, 9.17) is 0 Å². The summed E-state index contributed by atoms with van der Waals surface area (Å²) in [6.45, 7) is -2.59. The minimum absolute atomic E-state index is 0.00852. The standard InChI is InChI=1S/C16H19F2NO4/c1-19(13(20)9-16(14(21)22)7-2-8-16)10-11-3-5-12(6-4-11)23-15(17)18/h3-6,15H,2,7-10H2,1H3,(H,21,22). The lowest BCUT2D eigenvalue weighted by molar-refractivity contribution is -0.159. The van der Waals surface area contributed by atoms with Crippen LogP contribution in [0.1, 0.15) is 31.2 Å². The molecule has 1 fully saturated rings. The third-order valence-corrected chi connectivity index (χ3v) is 4.25. The van der Waals surface area contributed by atoms with Crippen LogP contribution in [0.3, 0.4) is 0 Å². The largest absolute Gasteiger partial charge is 0.481 e. The topological polar surface area (TPSA) is 66.8 Å². The number of benzene rings is 1. The van der Waals surface area contributed by atoms with Crippen LogP contribution in [0.2, 0.25) is 0 Å². The van der Waals surface area contributed by atoms with Crippen LogP contribution < -0.4 is 4.74 Å². The highest BCUT2D eigenvalue weighted by atomic mass is 19.3. The van der Waals surface area contributed by atoms with Gasteiger partial charge in [0.2, 0.25) is 5.91 Å². The molecule has 0 bridgehead atoms. The Labute approximate surface area is 132 Å². The number of nitrogens with zero attached hydrogens (tertiary/aromatic N) is 1. The number of rotatable bonds is 7. The van der Waals surface area contributed by atoms with Crippen LogP contribution in [0.5, 0.6) is 5.75 Å². The van der Waals surface area contributed by atoms with Crippen molar-refractivity contribution in [2.75, 3.05) is 7.05 Å². The Morgan fingerprint density at radius 2 is 1.91 bits per heavy atom. The van der Waals surface area contributed by atoms with Crippen LogP contribution in [0.4, 0.5) is 8.78 Å². The molecule has 23 heavy (non-hydrogen) atoms. The Hall–Kier alpha value is -2.18. The van der Waals surface area contributed by atoms with E-state index in [1.165, 1.54) is 17.0 Å². The first kappa shape index (κ1) is 17.2. The highest BCUT2D eigenvalue weighted by Crippen LogP contribution is 2.44. The van der Waals surface area contributed by atoms with Gasteiger partial charge < -0.3 is 14.7 Å². The van der Waals surface area contributed by atoms with E-state index >= 15 is 0 Å². The van der Waals surface area contributed by atoms with Crippen molar-refractivity contribution >= 4 is 11.9 Å². The fourth-order valence-corrected chi connectivity index (χ4v) is 2.63. The zero-order chi connectivity index (χ0) is 17.0. The van der Waals surface area contributed by atoms with Gasteiger partial charge in [0.05, 0.1) is 5.41 Å². The third-order valence-electron chi connectivity index (χ3n) is 4.25. The first-order chi connectivity index (χ1) is 10.8. The van der Waals surface area contributed by atoms with Gasteiger partial charge in [-0.25, -0.2) is 0 Å². The van der Waals surface area contributed by atoms with Gasteiger partial charge in [0, 0.05) is 20.0 Å². The molecule has 5 nitrogen and oxygen atoms in total. The lowest BCUT2D eigenvalue weighted by Crippen LogP contribution is -2.42. The number of alkyl halides is 2. The molecule has 0 atom stereocenters. The molecule has 1 aromatic rings. The Bertz CT molecular complexity index is 570. The van der Waals surface area contributed by atoms with E-state index < -0.39 is 18.0 Å². The summed E-state index contributed by atoms with van der Waals surface area (Å²) in [4.78, 5) is 25.0. The maximum absolute atomic E-state index is 12.2. The predicted molar refractivity (Wildman–Crippen MR) is 78.1 cm³/mol. The number of hydrogen-bond acceptors (Lipinski definition) is 3. The van der Waals surface area contributed by atoms with Gasteiger partial charge in [0.25, 0.3) is 0 Å². The highest BCUT2D eigenvalue weighted by molar-refractivity contribution is 5.85. The molecule has 0 radical (unpaired) electrons. The van der Waals surface area contributed by atoms with Gasteiger partial charge in [0.1, 0.15) is 5.75 Å². The van der Waals surface area contributed by atoms with Crippen molar-refractivity contribution in [3.05, 3.63) is 29.8 Å². The Kier molecular flexibility index (Phi) is 5.18. The first-order valence-electron chi connectivity index (χ1n) is 7.33. The second-order valence-corrected chi connectivity index (χ2v) is 5.89. The van der Waals surface area contributed by atoms with E-state index in [1.807, 2.05) is 0 Å². The molecule has 1 N–H and O–H groups in total. The lowest BCUT2D eigenvalue weighted by Gasteiger charge is -2.38. The quantitative estimate of drug-likeness (QED) is 0.836. The molecule has 0 unspecified atom stereocenters. The van der Waals surface area contributed by atoms with Gasteiger partial charge in [-0.15, -0.1) is 0 Å². The highest BCUT2D eigenvalue weighted by Gasteiger charge is 2.46. The maximum atomic E-state index is 12.2. The van der Waals surface area contributed by atoms with E-state index in [1.54, 1.807) is 19.2 Å². The normalized spacial score (nSPS) is 15.8.